The molecule has 1 heterocycles. The molecule has 98 valence electrons. The van der Waals surface area contributed by atoms with Gasteiger partial charge < -0.3 is 10.6 Å². The van der Waals surface area contributed by atoms with Crippen LogP contribution in [0.15, 0.2) is 0 Å². The van der Waals surface area contributed by atoms with Crippen molar-refractivity contribution in [1.29, 1.82) is 0 Å². The largest absolute Gasteiger partial charge is 0.342 e. The van der Waals surface area contributed by atoms with Crippen LogP contribution in [0, 0.1) is 17.8 Å². The summed E-state index contributed by atoms with van der Waals surface area (Å²) in [5, 5.41) is 0. The highest BCUT2D eigenvalue weighted by molar-refractivity contribution is 5.79. The fourth-order valence-corrected chi connectivity index (χ4v) is 3.43. The molecule has 3 heteroatoms. The summed E-state index contributed by atoms with van der Waals surface area (Å²) in [6.07, 6.45) is 5.61. The lowest BCUT2D eigenvalue weighted by Crippen LogP contribution is -2.50. The number of likely N-dealkylation sites (tertiary alicyclic amines) is 1. The molecule has 1 saturated carbocycles. The van der Waals surface area contributed by atoms with E-state index < -0.39 is 0 Å². The van der Waals surface area contributed by atoms with Crippen molar-refractivity contribution in [2.75, 3.05) is 13.1 Å². The van der Waals surface area contributed by atoms with Gasteiger partial charge in [-0.3, -0.25) is 4.79 Å². The number of amides is 1. The first-order valence-electron chi connectivity index (χ1n) is 7.17. The molecule has 2 rings (SSSR count). The standard InChI is InChI=1S/C14H26N2O/c1-3-11-9-16(8-7-13(11)15)14(17)12-6-4-5-10(12)2/h10-13H,3-9,15H2,1-2H3. The second-order valence-electron chi connectivity index (χ2n) is 5.92. The fraction of sp³-hybridized carbons (Fsp3) is 0.929. The van der Waals surface area contributed by atoms with Gasteiger partial charge in [0.05, 0.1) is 0 Å². The number of carbonyl (C=O) groups excluding carboxylic acids is 1. The minimum atomic E-state index is 0.293. The van der Waals surface area contributed by atoms with Gasteiger partial charge in [0.1, 0.15) is 0 Å². The van der Waals surface area contributed by atoms with E-state index in [0.29, 0.717) is 29.7 Å². The minimum Gasteiger partial charge on any atom is -0.342 e. The van der Waals surface area contributed by atoms with E-state index in [0.717, 1.165) is 32.4 Å². The maximum Gasteiger partial charge on any atom is 0.225 e. The molecular weight excluding hydrogens is 212 g/mol. The van der Waals surface area contributed by atoms with Crippen molar-refractivity contribution < 1.29 is 4.79 Å². The molecule has 17 heavy (non-hydrogen) atoms. The third kappa shape index (κ3) is 2.65. The molecule has 1 aliphatic carbocycles. The lowest BCUT2D eigenvalue weighted by atomic mass is 9.89. The van der Waals surface area contributed by atoms with Gasteiger partial charge in [0.15, 0.2) is 0 Å². The highest BCUT2D eigenvalue weighted by atomic mass is 16.2. The first-order chi connectivity index (χ1) is 8.13. The zero-order valence-electron chi connectivity index (χ0n) is 11.2. The van der Waals surface area contributed by atoms with Crippen LogP contribution in [0.5, 0.6) is 0 Å². The van der Waals surface area contributed by atoms with Gasteiger partial charge in [0, 0.05) is 25.0 Å². The predicted octanol–water partition coefficient (Wildman–Crippen LogP) is 2.01. The molecule has 0 radical (unpaired) electrons. The first kappa shape index (κ1) is 12.9. The van der Waals surface area contributed by atoms with Crippen molar-refractivity contribution in [1.82, 2.24) is 4.90 Å². The summed E-state index contributed by atoms with van der Waals surface area (Å²) in [4.78, 5) is 14.6. The van der Waals surface area contributed by atoms with Crippen LogP contribution in [0.3, 0.4) is 0 Å². The van der Waals surface area contributed by atoms with Crippen LogP contribution in [0.1, 0.15) is 46.0 Å². The number of piperidine rings is 1. The van der Waals surface area contributed by atoms with Crippen molar-refractivity contribution >= 4 is 5.91 Å². The highest BCUT2D eigenvalue weighted by Crippen LogP contribution is 2.33. The zero-order chi connectivity index (χ0) is 12.4. The Balaban J connectivity index is 1.95. The van der Waals surface area contributed by atoms with Crippen LogP contribution in [-0.2, 0) is 4.79 Å². The van der Waals surface area contributed by atoms with Crippen LogP contribution >= 0.6 is 0 Å². The second-order valence-corrected chi connectivity index (χ2v) is 5.92. The molecule has 0 aromatic rings. The molecular formula is C14H26N2O. The molecule has 1 aliphatic heterocycles. The van der Waals surface area contributed by atoms with Crippen LogP contribution in [0.25, 0.3) is 0 Å². The summed E-state index contributed by atoms with van der Waals surface area (Å²) in [6, 6.07) is 0.296. The molecule has 0 bridgehead atoms. The zero-order valence-corrected chi connectivity index (χ0v) is 11.2. The van der Waals surface area contributed by atoms with Gasteiger partial charge in [-0.1, -0.05) is 26.7 Å². The SMILES string of the molecule is CCC1CN(C(=O)C2CCCC2C)CCC1N. The van der Waals surface area contributed by atoms with Gasteiger partial charge in [-0.05, 0) is 31.1 Å². The monoisotopic (exact) mass is 238 g/mol. The van der Waals surface area contributed by atoms with Crippen molar-refractivity contribution in [2.24, 2.45) is 23.5 Å². The van der Waals surface area contributed by atoms with Crippen LogP contribution in [-0.4, -0.2) is 29.9 Å². The van der Waals surface area contributed by atoms with Crippen LogP contribution < -0.4 is 5.73 Å². The summed E-state index contributed by atoms with van der Waals surface area (Å²) in [7, 11) is 0. The Kier molecular flexibility index (Phi) is 4.08. The lowest BCUT2D eigenvalue weighted by molar-refractivity contribution is -0.138. The number of nitrogens with two attached hydrogens (primary N) is 1. The highest BCUT2D eigenvalue weighted by Gasteiger charge is 2.35. The molecule has 2 N–H and O–H groups in total. The lowest BCUT2D eigenvalue weighted by Gasteiger charge is -2.38. The van der Waals surface area contributed by atoms with Crippen LogP contribution in [0.2, 0.25) is 0 Å². The summed E-state index contributed by atoms with van der Waals surface area (Å²) < 4.78 is 0. The number of rotatable bonds is 2. The minimum absolute atomic E-state index is 0.293. The third-order valence-corrected chi connectivity index (χ3v) is 4.81. The van der Waals surface area contributed by atoms with E-state index in [1.807, 2.05) is 0 Å². The van der Waals surface area contributed by atoms with Crippen molar-refractivity contribution in [3.05, 3.63) is 0 Å². The number of hydrogen-bond donors (Lipinski definition) is 1. The molecule has 1 amide bonds. The number of hydrogen-bond acceptors (Lipinski definition) is 2. The van der Waals surface area contributed by atoms with E-state index in [1.165, 1.54) is 12.8 Å². The normalized spacial score (nSPS) is 38.4. The van der Waals surface area contributed by atoms with Gasteiger partial charge in [-0.2, -0.15) is 0 Å². The average molecular weight is 238 g/mol. The quantitative estimate of drug-likeness (QED) is 0.800. The van der Waals surface area contributed by atoms with Crippen molar-refractivity contribution in [3.8, 4) is 0 Å². The Bertz CT molecular complexity index is 279. The van der Waals surface area contributed by atoms with E-state index in [2.05, 4.69) is 18.7 Å². The maximum atomic E-state index is 12.5. The van der Waals surface area contributed by atoms with Gasteiger partial charge in [-0.15, -0.1) is 0 Å². The van der Waals surface area contributed by atoms with Gasteiger partial charge >= 0.3 is 0 Å². The smallest absolute Gasteiger partial charge is 0.225 e. The van der Waals surface area contributed by atoms with Gasteiger partial charge in [0.25, 0.3) is 0 Å². The maximum absolute atomic E-state index is 12.5. The van der Waals surface area contributed by atoms with E-state index in [1.54, 1.807) is 0 Å². The molecule has 2 fully saturated rings. The molecule has 4 unspecified atom stereocenters. The number of nitrogens with zero attached hydrogens (tertiary/aromatic N) is 1. The second kappa shape index (κ2) is 5.38. The van der Waals surface area contributed by atoms with E-state index >= 15 is 0 Å². The molecule has 2 aliphatic rings. The third-order valence-electron chi connectivity index (χ3n) is 4.81. The Hall–Kier alpha value is -0.570. The fourth-order valence-electron chi connectivity index (χ4n) is 3.43. The number of carbonyl (C=O) groups is 1. The summed E-state index contributed by atoms with van der Waals surface area (Å²) in [5.41, 5.74) is 6.09. The van der Waals surface area contributed by atoms with Gasteiger partial charge in [0.2, 0.25) is 5.91 Å². The van der Waals surface area contributed by atoms with E-state index in [4.69, 9.17) is 5.73 Å². The summed E-state index contributed by atoms with van der Waals surface area (Å²) >= 11 is 0. The Morgan fingerprint density at radius 3 is 2.71 bits per heavy atom. The van der Waals surface area contributed by atoms with Crippen molar-refractivity contribution in [3.63, 3.8) is 0 Å². The predicted molar refractivity (Wildman–Crippen MR) is 69.5 cm³/mol. The van der Waals surface area contributed by atoms with E-state index in [-0.39, 0.29) is 0 Å². The molecule has 1 saturated heterocycles. The van der Waals surface area contributed by atoms with Gasteiger partial charge in [-0.25, -0.2) is 0 Å². The first-order valence-corrected chi connectivity index (χ1v) is 7.17. The van der Waals surface area contributed by atoms with E-state index in [9.17, 15) is 4.79 Å². The Morgan fingerprint density at radius 2 is 2.12 bits per heavy atom. The molecule has 3 nitrogen and oxygen atoms in total. The molecule has 0 spiro atoms. The Labute approximate surface area is 105 Å². The molecule has 0 aromatic heterocycles. The van der Waals surface area contributed by atoms with Crippen LogP contribution in [0.4, 0.5) is 0 Å². The molecule has 0 aromatic carbocycles. The Morgan fingerprint density at radius 1 is 1.35 bits per heavy atom. The average Bonchev–Trinajstić information content (AvgIpc) is 2.75. The summed E-state index contributed by atoms with van der Waals surface area (Å²) in [6.45, 7) is 6.17. The summed E-state index contributed by atoms with van der Waals surface area (Å²) in [5.74, 6) is 1.78. The van der Waals surface area contributed by atoms with Crippen molar-refractivity contribution in [2.45, 2.75) is 52.0 Å². The molecule has 4 atom stereocenters. The topological polar surface area (TPSA) is 46.3 Å².